The molecule has 0 aromatic rings. The first-order valence-electron chi connectivity index (χ1n) is 8.69. The average molecular weight is 276 g/mol. The molecule has 8 atom stereocenters. The number of rotatable bonds is 6. The molecule has 0 radical (unpaired) electrons. The van der Waals surface area contributed by atoms with Crippen molar-refractivity contribution in [3.63, 3.8) is 0 Å². The van der Waals surface area contributed by atoms with Gasteiger partial charge in [-0.3, -0.25) is 0 Å². The minimum absolute atomic E-state index is 0.0233. The molecule has 4 aliphatic rings. The Bertz CT molecular complexity index is 391. The third kappa shape index (κ3) is 1.99. The zero-order valence-corrected chi connectivity index (χ0v) is 12.8. The predicted octanol–water partition coefficient (Wildman–Crippen LogP) is 3.87. The molecule has 4 bridgehead atoms. The third-order valence-corrected chi connectivity index (χ3v) is 6.51. The van der Waals surface area contributed by atoms with E-state index in [1.165, 1.54) is 19.3 Å². The molecule has 0 heterocycles. The molecule has 0 saturated heterocycles. The minimum Gasteiger partial charge on any atom is -0.353 e. The molecule has 4 rings (SSSR count). The zero-order chi connectivity index (χ0) is 13.7. The fourth-order valence-corrected chi connectivity index (χ4v) is 5.94. The van der Waals surface area contributed by atoms with E-state index >= 15 is 0 Å². The van der Waals surface area contributed by atoms with Crippen LogP contribution in [0.2, 0.25) is 0 Å². The van der Waals surface area contributed by atoms with Crippen LogP contribution in [0.1, 0.15) is 39.5 Å². The molecule has 0 aromatic heterocycles. The smallest absolute Gasteiger partial charge is 0.154 e. The number of allylic oxidation sites excluding steroid dienone is 2. The summed E-state index contributed by atoms with van der Waals surface area (Å²) < 4.78 is 11.6. The van der Waals surface area contributed by atoms with E-state index in [0.717, 1.165) is 61.1 Å². The topological polar surface area (TPSA) is 18.5 Å². The summed E-state index contributed by atoms with van der Waals surface area (Å²) in [5, 5.41) is 0. The first kappa shape index (κ1) is 13.3. The van der Waals surface area contributed by atoms with Crippen molar-refractivity contribution >= 4 is 0 Å². The van der Waals surface area contributed by atoms with Gasteiger partial charge in [-0.15, -0.1) is 0 Å². The van der Waals surface area contributed by atoms with Gasteiger partial charge in [-0.05, 0) is 74.0 Å². The van der Waals surface area contributed by atoms with Gasteiger partial charge in [-0.2, -0.15) is 0 Å². The van der Waals surface area contributed by atoms with Gasteiger partial charge < -0.3 is 9.47 Å². The summed E-state index contributed by atoms with van der Waals surface area (Å²) in [5.74, 6) is 6.66. The van der Waals surface area contributed by atoms with Crippen LogP contribution in [0.3, 0.4) is 0 Å². The molecule has 0 spiro atoms. The van der Waals surface area contributed by atoms with Crippen LogP contribution in [0.4, 0.5) is 0 Å². The molecule has 0 amide bonds. The van der Waals surface area contributed by atoms with Crippen LogP contribution in [0, 0.1) is 41.4 Å². The molecule has 0 aromatic carbocycles. The number of hydrogen-bond donors (Lipinski definition) is 0. The van der Waals surface area contributed by atoms with E-state index in [1.807, 2.05) is 6.92 Å². The van der Waals surface area contributed by atoms with Crippen molar-refractivity contribution in [1.29, 1.82) is 0 Å². The van der Waals surface area contributed by atoms with Crippen molar-refractivity contribution in [1.82, 2.24) is 0 Å². The summed E-state index contributed by atoms with van der Waals surface area (Å²) in [6.07, 6.45) is 10.5. The second-order valence-electron chi connectivity index (χ2n) is 7.53. The van der Waals surface area contributed by atoms with Crippen LogP contribution >= 0.6 is 0 Å². The lowest BCUT2D eigenvalue weighted by molar-refractivity contribution is -0.143. The van der Waals surface area contributed by atoms with Crippen LogP contribution in [0.15, 0.2) is 12.2 Å². The minimum atomic E-state index is -0.0233. The van der Waals surface area contributed by atoms with Gasteiger partial charge in [-0.25, -0.2) is 0 Å². The molecule has 8 unspecified atom stereocenters. The van der Waals surface area contributed by atoms with Crippen LogP contribution in [0.25, 0.3) is 0 Å². The molecular formula is C18H28O2. The second kappa shape index (κ2) is 5.14. The van der Waals surface area contributed by atoms with E-state index in [-0.39, 0.29) is 6.29 Å². The average Bonchev–Trinajstić information content (AvgIpc) is 3.19. The SMILES string of the molecule is CCCOC(C)OCC1CC2CC1C1C3C=CC(C3)C21. The Morgan fingerprint density at radius 1 is 1.05 bits per heavy atom. The standard InChI is InChI=1S/C18H28O2/c1-3-6-19-11(2)20-10-15-8-14-9-16(15)18-13-5-4-12(7-13)17(14)18/h4-5,11-18H,3,6-10H2,1-2H3. The van der Waals surface area contributed by atoms with Gasteiger partial charge in [0, 0.05) is 6.61 Å². The van der Waals surface area contributed by atoms with Crippen molar-refractivity contribution < 1.29 is 9.47 Å². The third-order valence-electron chi connectivity index (χ3n) is 6.51. The normalized spacial score (nSPS) is 49.0. The maximum atomic E-state index is 5.97. The Hall–Kier alpha value is -0.340. The first-order chi connectivity index (χ1) is 9.78. The Balaban J connectivity index is 1.33. The predicted molar refractivity (Wildman–Crippen MR) is 79.1 cm³/mol. The Morgan fingerprint density at radius 2 is 1.85 bits per heavy atom. The van der Waals surface area contributed by atoms with E-state index in [9.17, 15) is 0 Å². The van der Waals surface area contributed by atoms with Crippen LogP contribution in [0.5, 0.6) is 0 Å². The van der Waals surface area contributed by atoms with E-state index in [2.05, 4.69) is 19.1 Å². The fraction of sp³-hybridized carbons (Fsp3) is 0.889. The lowest BCUT2D eigenvalue weighted by Crippen LogP contribution is -2.33. The highest BCUT2D eigenvalue weighted by Crippen LogP contribution is 2.66. The first-order valence-corrected chi connectivity index (χ1v) is 8.69. The molecule has 0 aliphatic heterocycles. The molecule has 0 N–H and O–H groups in total. The molecular weight excluding hydrogens is 248 g/mol. The van der Waals surface area contributed by atoms with Gasteiger partial charge in [0.05, 0.1) is 6.61 Å². The van der Waals surface area contributed by atoms with E-state index in [1.54, 1.807) is 0 Å². The Morgan fingerprint density at radius 3 is 2.65 bits per heavy atom. The van der Waals surface area contributed by atoms with Crippen molar-refractivity contribution in [3.8, 4) is 0 Å². The van der Waals surface area contributed by atoms with Gasteiger partial charge in [0.25, 0.3) is 0 Å². The number of fused-ring (bicyclic) bond motifs is 9. The van der Waals surface area contributed by atoms with Crippen molar-refractivity contribution in [2.24, 2.45) is 41.4 Å². The fourth-order valence-electron chi connectivity index (χ4n) is 5.94. The molecule has 3 fully saturated rings. The van der Waals surface area contributed by atoms with Gasteiger partial charge in [-0.1, -0.05) is 19.1 Å². The highest BCUT2D eigenvalue weighted by molar-refractivity contribution is 5.20. The lowest BCUT2D eigenvalue weighted by Gasteiger charge is -2.36. The van der Waals surface area contributed by atoms with E-state index in [4.69, 9.17) is 9.47 Å². The summed E-state index contributed by atoms with van der Waals surface area (Å²) in [5.41, 5.74) is 0. The highest BCUT2D eigenvalue weighted by atomic mass is 16.7. The van der Waals surface area contributed by atoms with Crippen molar-refractivity contribution in [2.75, 3.05) is 13.2 Å². The Kier molecular flexibility index (Phi) is 3.42. The van der Waals surface area contributed by atoms with Gasteiger partial charge >= 0.3 is 0 Å². The summed E-state index contributed by atoms with van der Waals surface area (Å²) in [7, 11) is 0. The molecule has 4 aliphatic carbocycles. The van der Waals surface area contributed by atoms with Crippen LogP contribution < -0.4 is 0 Å². The van der Waals surface area contributed by atoms with Gasteiger partial charge in [0.2, 0.25) is 0 Å². The van der Waals surface area contributed by atoms with E-state index < -0.39 is 0 Å². The molecule has 2 heteroatoms. The quantitative estimate of drug-likeness (QED) is 0.416. The van der Waals surface area contributed by atoms with Gasteiger partial charge in [0.15, 0.2) is 6.29 Å². The monoisotopic (exact) mass is 276 g/mol. The molecule has 112 valence electrons. The molecule has 2 nitrogen and oxygen atoms in total. The number of hydrogen-bond acceptors (Lipinski definition) is 2. The summed E-state index contributed by atoms with van der Waals surface area (Å²) in [4.78, 5) is 0. The highest BCUT2D eigenvalue weighted by Gasteiger charge is 2.60. The van der Waals surface area contributed by atoms with Crippen molar-refractivity contribution in [3.05, 3.63) is 12.2 Å². The van der Waals surface area contributed by atoms with Crippen LogP contribution in [-0.4, -0.2) is 19.5 Å². The maximum absolute atomic E-state index is 5.97. The number of ether oxygens (including phenoxy) is 2. The second-order valence-corrected chi connectivity index (χ2v) is 7.53. The Labute approximate surface area is 122 Å². The summed E-state index contributed by atoms with van der Waals surface area (Å²) in [6.45, 7) is 5.94. The lowest BCUT2D eigenvalue weighted by atomic mass is 9.69. The summed E-state index contributed by atoms with van der Waals surface area (Å²) >= 11 is 0. The molecule has 20 heavy (non-hydrogen) atoms. The molecule has 3 saturated carbocycles. The van der Waals surface area contributed by atoms with E-state index in [0.29, 0.717) is 0 Å². The van der Waals surface area contributed by atoms with Crippen molar-refractivity contribution in [2.45, 2.75) is 45.8 Å². The largest absolute Gasteiger partial charge is 0.353 e. The summed E-state index contributed by atoms with van der Waals surface area (Å²) in [6, 6.07) is 0. The van der Waals surface area contributed by atoms with Crippen LogP contribution in [-0.2, 0) is 9.47 Å². The zero-order valence-electron chi connectivity index (χ0n) is 12.8. The maximum Gasteiger partial charge on any atom is 0.154 e. The van der Waals surface area contributed by atoms with Gasteiger partial charge in [0.1, 0.15) is 0 Å².